The van der Waals surface area contributed by atoms with Gasteiger partial charge in [0.1, 0.15) is 5.76 Å². The summed E-state index contributed by atoms with van der Waals surface area (Å²) in [5.74, 6) is 0.299. The minimum absolute atomic E-state index is 0.205. The molecule has 0 atom stereocenters. The average molecular weight is 400 g/mol. The van der Waals surface area contributed by atoms with E-state index in [1.807, 2.05) is 4.57 Å². The van der Waals surface area contributed by atoms with Gasteiger partial charge in [-0.05, 0) is 44.4 Å². The molecule has 8 nitrogen and oxygen atoms in total. The second-order valence-corrected chi connectivity index (χ2v) is 7.02. The minimum Gasteiger partial charge on any atom is -0.360 e. The Morgan fingerprint density at radius 1 is 1.18 bits per heavy atom. The first-order valence-electron chi connectivity index (χ1n) is 8.92. The monoisotopic (exact) mass is 399 g/mol. The lowest BCUT2D eigenvalue weighted by Gasteiger charge is -2.17. The van der Waals surface area contributed by atoms with Crippen molar-refractivity contribution in [2.24, 2.45) is 0 Å². The van der Waals surface area contributed by atoms with Crippen LogP contribution in [0.2, 0.25) is 5.02 Å². The predicted molar refractivity (Wildman–Crippen MR) is 104 cm³/mol. The molecule has 0 unspecified atom stereocenters. The molecule has 2 N–H and O–H groups in total. The van der Waals surface area contributed by atoms with Gasteiger partial charge in [0.25, 0.3) is 11.8 Å². The zero-order valence-electron chi connectivity index (χ0n) is 15.2. The van der Waals surface area contributed by atoms with Crippen LogP contribution in [0.3, 0.4) is 0 Å². The first kappa shape index (κ1) is 18.2. The molecule has 0 aliphatic carbocycles. The lowest BCUT2D eigenvalue weighted by Crippen LogP contribution is -2.21. The molecular formula is C19H18ClN5O3. The van der Waals surface area contributed by atoms with Crippen LogP contribution in [0.1, 0.15) is 45.4 Å². The molecule has 0 spiro atoms. The van der Waals surface area contributed by atoms with Gasteiger partial charge < -0.3 is 19.7 Å². The van der Waals surface area contributed by atoms with Crippen molar-refractivity contribution in [3.8, 4) is 0 Å². The highest BCUT2D eigenvalue weighted by atomic mass is 35.5. The van der Waals surface area contributed by atoms with Gasteiger partial charge in [-0.2, -0.15) is 0 Å². The summed E-state index contributed by atoms with van der Waals surface area (Å²) in [7, 11) is 0. The Morgan fingerprint density at radius 2 is 2.04 bits per heavy atom. The number of hydrogen-bond acceptors (Lipinski definition) is 5. The number of carbonyl (C=O) groups excluding carboxylic acids is 2. The van der Waals surface area contributed by atoms with E-state index in [1.165, 1.54) is 0 Å². The largest absolute Gasteiger partial charge is 0.360 e. The van der Waals surface area contributed by atoms with E-state index in [-0.39, 0.29) is 17.4 Å². The van der Waals surface area contributed by atoms with Crippen LogP contribution >= 0.6 is 11.6 Å². The van der Waals surface area contributed by atoms with E-state index < -0.39 is 5.91 Å². The highest BCUT2D eigenvalue weighted by Crippen LogP contribution is 2.23. The maximum Gasteiger partial charge on any atom is 0.291 e. The lowest BCUT2D eigenvalue weighted by atomic mass is 10.1. The van der Waals surface area contributed by atoms with Gasteiger partial charge in [-0.1, -0.05) is 22.8 Å². The maximum atomic E-state index is 12.8. The first-order chi connectivity index (χ1) is 13.5. The van der Waals surface area contributed by atoms with Crippen LogP contribution < -0.4 is 10.6 Å². The Morgan fingerprint density at radius 3 is 2.79 bits per heavy atom. The van der Waals surface area contributed by atoms with Crippen LogP contribution in [0.25, 0.3) is 0 Å². The van der Waals surface area contributed by atoms with Gasteiger partial charge in [0.2, 0.25) is 0 Å². The molecule has 0 fully saturated rings. The number of fused-ring (bicyclic) bond motifs is 1. The van der Waals surface area contributed by atoms with E-state index in [2.05, 4.69) is 20.8 Å². The third kappa shape index (κ3) is 3.63. The fraction of sp³-hybridized carbons (Fsp3) is 0.263. The summed E-state index contributed by atoms with van der Waals surface area (Å²) in [6.45, 7) is 2.37. The number of aryl methyl sites for hydroxylation is 1. The van der Waals surface area contributed by atoms with Crippen LogP contribution in [0.15, 0.2) is 34.9 Å². The third-order valence-electron chi connectivity index (χ3n) is 4.49. The number of nitrogens with zero attached hydrogens (tertiary/aromatic N) is 3. The summed E-state index contributed by atoms with van der Waals surface area (Å²) in [5.41, 5.74) is 1.55. The number of aromatic nitrogens is 3. The molecule has 1 aliphatic heterocycles. The third-order valence-corrected chi connectivity index (χ3v) is 4.72. The number of imidazole rings is 1. The molecule has 3 heterocycles. The number of benzene rings is 1. The van der Waals surface area contributed by atoms with Crippen molar-refractivity contribution in [3.05, 3.63) is 58.3 Å². The first-order valence-corrected chi connectivity index (χ1v) is 9.30. The summed E-state index contributed by atoms with van der Waals surface area (Å²) in [5, 5.41) is 9.74. The number of nitrogens with one attached hydrogen (secondary N) is 2. The van der Waals surface area contributed by atoms with E-state index in [4.69, 9.17) is 16.1 Å². The van der Waals surface area contributed by atoms with Gasteiger partial charge in [0.05, 0.1) is 5.69 Å². The molecule has 4 rings (SSSR count). The summed E-state index contributed by atoms with van der Waals surface area (Å²) < 4.78 is 6.78. The van der Waals surface area contributed by atoms with Gasteiger partial charge in [-0.25, -0.2) is 4.98 Å². The molecule has 1 aromatic carbocycles. The molecule has 144 valence electrons. The number of anilines is 2. The van der Waals surface area contributed by atoms with E-state index in [0.29, 0.717) is 35.3 Å². The predicted octanol–water partition coefficient (Wildman–Crippen LogP) is 3.67. The average Bonchev–Trinajstić information content (AvgIpc) is 3.25. The van der Waals surface area contributed by atoms with Crippen LogP contribution in [0, 0.1) is 6.92 Å². The molecule has 0 bridgehead atoms. The molecule has 2 aromatic heterocycles. The van der Waals surface area contributed by atoms with Gasteiger partial charge in [0.15, 0.2) is 17.3 Å². The van der Waals surface area contributed by atoms with Crippen molar-refractivity contribution < 1.29 is 14.1 Å². The zero-order valence-corrected chi connectivity index (χ0v) is 15.9. The van der Waals surface area contributed by atoms with Crippen molar-refractivity contribution in [2.75, 3.05) is 10.6 Å². The smallest absolute Gasteiger partial charge is 0.291 e. The minimum atomic E-state index is -0.416. The normalized spacial score (nSPS) is 13.1. The summed E-state index contributed by atoms with van der Waals surface area (Å²) >= 11 is 5.98. The van der Waals surface area contributed by atoms with E-state index in [9.17, 15) is 9.59 Å². The summed E-state index contributed by atoms with van der Waals surface area (Å²) in [6, 6.07) is 8.48. The van der Waals surface area contributed by atoms with Crippen molar-refractivity contribution in [3.63, 3.8) is 0 Å². The standard InChI is InChI=1S/C19H18ClN5O3/c1-11-9-15(24-28-11)22-18(26)16-14-7-2-3-8-25(14)17(23-16)19(27)21-13-6-4-5-12(20)10-13/h4-6,9-10H,2-3,7-8H2,1H3,(H,21,27)(H,22,24,26). The van der Waals surface area contributed by atoms with Gasteiger partial charge in [-0.3, -0.25) is 9.59 Å². The Bertz CT molecular complexity index is 1060. The number of amides is 2. The molecule has 0 radical (unpaired) electrons. The summed E-state index contributed by atoms with van der Waals surface area (Å²) in [6.07, 6.45) is 2.53. The van der Waals surface area contributed by atoms with Gasteiger partial charge in [-0.15, -0.1) is 0 Å². The molecular weight excluding hydrogens is 382 g/mol. The van der Waals surface area contributed by atoms with Crippen LogP contribution in [-0.4, -0.2) is 26.5 Å². The number of hydrogen-bond donors (Lipinski definition) is 2. The number of rotatable bonds is 4. The SMILES string of the molecule is Cc1cc(NC(=O)c2nc(C(=O)Nc3cccc(Cl)c3)n3c2CCCC3)no1. The molecule has 9 heteroatoms. The Hall–Kier alpha value is -3.13. The maximum absolute atomic E-state index is 12.8. The fourth-order valence-corrected chi connectivity index (χ4v) is 3.44. The molecule has 0 saturated carbocycles. The van der Waals surface area contributed by atoms with E-state index >= 15 is 0 Å². The number of halogens is 1. The molecule has 1 aliphatic rings. The Balaban J connectivity index is 1.63. The molecule has 2 amide bonds. The van der Waals surface area contributed by atoms with Crippen molar-refractivity contribution in [2.45, 2.75) is 32.7 Å². The second kappa shape index (κ2) is 7.47. The van der Waals surface area contributed by atoms with Crippen molar-refractivity contribution in [1.82, 2.24) is 14.7 Å². The highest BCUT2D eigenvalue weighted by Gasteiger charge is 2.28. The quantitative estimate of drug-likeness (QED) is 0.696. The second-order valence-electron chi connectivity index (χ2n) is 6.58. The van der Waals surface area contributed by atoms with Crippen LogP contribution in [-0.2, 0) is 13.0 Å². The van der Waals surface area contributed by atoms with Crippen LogP contribution in [0.5, 0.6) is 0 Å². The molecule has 28 heavy (non-hydrogen) atoms. The van der Waals surface area contributed by atoms with Gasteiger partial charge in [0, 0.05) is 23.3 Å². The van der Waals surface area contributed by atoms with Crippen molar-refractivity contribution in [1.29, 1.82) is 0 Å². The zero-order chi connectivity index (χ0) is 19.7. The topological polar surface area (TPSA) is 102 Å². The fourth-order valence-electron chi connectivity index (χ4n) is 3.25. The number of carbonyl (C=O) groups is 2. The van der Waals surface area contributed by atoms with Crippen LogP contribution in [0.4, 0.5) is 11.5 Å². The van der Waals surface area contributed by atoms with E-state index in [1.54, 1.807) is 37.3 Å². The molecule has 3 aromatic rings. The van der Waals surface area contributed by atoms with E-state index in [0.717, 1.165) is 18.5 Å². The summed E-state index contributed by atoms with van der Waals surface area (Å²) in [4.78, 5) is 29.9. The lowest BCUT2D eigenvalue weighted by molar-refractivity contribution is 0.101. The Kier molecular flexibility index (Phi) is 4.87. The highest BCUT2D eigenvalue weighted by molar-refractivity contribution is 6.30. The molecule has 0 saturated heterocycles. The Labute approximate surface area is 165 Å². The van der Waals surface area contributed by atoms with Gasteiger partial charge >= 0.3 is 0 Å². The van der Waals surface area contributed by atoms with Crippen molar-refractivity contribution >= 4 is 34.9 Å².